The summed E-state index contributed by atoms with van der Waals surface area (Å²) in [6.07, 6.45) is -0.674. The molecule has 0 fully saturated rings. The molecule has 0 radical (unpaired) electrons. The van der Waals surface area contributed by atoms with Gasteiger partial charge in [0.1, 0.15) is 4.21 Å². The molecule has 106 valence electrons. The van der Waals surface area contributed by atoms with Crippen molar-refractivity contribution < 1.29 is 10.0 Å². The highest BCUT2D eigenvalue weighted by molar-refractivity contribution is 8.00. The summed E-state index contributed by atoms with van der Waals surface area (Å²) in [7, 11) is 0. The van der Waals surface area contributed by atoms with Crippen molar-refractivity contribution in [2.75, 3.05) is 0 Å². The first-order chi connectivity index (χ1) is 9.47. The lowest BCUT2D eigenvalue weighted by Gasteiger charge is -2.01. The van der Waals surface area contributed by atoms with Crippen molar-refractivity contribution in [1.29, 1.82) is 0 Å². The highest BCUT2D eigenvalue weighted by atomic mass is 32.2. The molecule has 0 saturated carbocycles. The molecule has 0 aliphatic rings. The first-order valence-corrected chi connectivity index (χ1v) is 7.92. The molecule has 0 saturated heterocycles. The van der Waals surface area contributed by atoms with Gasteiger partial charge in [0, 0.05) is 16.7 Å². The van der Waals surface area contributed by atoms with Crippen molar-refractivity contribution in [1.82, 2.24) is 0 Å². The molecule has 2 rings (SSSR count). The van der Waals surface area contributed by atoms with Gasteiger partial charge in [0.25, 0.3) is 5.69 Å². The van der Waals surface area contributed by atoms with Crippen LogP contribution in [0, 0.1) is 17.0 Å². The average molecular weight is 309 g/mol. The van der Waals surface area contributed by atoms with Gasteiger partial charge in [-0.3, -0.25) is 10.1 Å². The van der Waals surface area contributed by atoms with E-state index >= 15 is 0 Å². The largest absolute Gasteiger partial charge is 0.388 e. The molecule has 20 heavy (non-hydrogen) atoms. The monoisotopic (exact) mass is 309 g/mol. The minimum absolute atomic E-state index is 0.0866. The zero-order valence-corrected chi connectivity index (χ0v) is 12.8. The number of nitrogens with zero attached hydrogens (tertiary/aromatic N) is 1. The second kappa shape index (κ2) is 6.39. The Morgan fingerprint density at radius 1 is 1.45 bits per heavy atom. The van der Waals surface area contributed by atoms with E-state index < -0.39 is 6.10 Å². The van der Waals surface area contributed by atoms with Crippen molar-refractivity contribution in [3.8, 4) is 0 Å². The lowest BCUT2D eigenvalue weighted by Crippen LogP contribution is -1.88. The van der Waals surface area contributed by atoms with Gasteiger partial charge in [0.2, 0.25) is 0 Å². The van der Waals surface area contributed by atoms with Crippen LogP contribution in [-0.2, 0) is 5.75 Å². The quantitative estimate of drug-likeness (QED) is 0.508. The number of aliphatic hydroxyl groups excluding tert-OH is 1. The lowest BCUT2D eigenvalue weighted by molar-refractivity contribution is -0.387. The SMILES string of the molecule is Cc1cccc(CSc2sc([C@H](C)O)cc2[N+](=O)[O-])c1. The Balaban J connectivity index is 2.18. The molecule has 1 aromatic carbocycles. The summed E-state index contributed by atoms with van der Waals surface area (Å²) < 4.78 is 0.646. The Hall–Kier alpha value is -1.37. The third-order valence-corrected chi connectivity index (χ3v) is 5.40. The number of thiophene rings is 1. The van der Waals surface area contributed by atoms with Gasteiger partial charge in [0.15, 0.2) is 0 Å². The van der Waals surface area contributed by atoms with Crippen LogP contribution in [0.15, 0.2) is 34.5 Å². The van der Waals surface area contributed by atoms with Gasteiger partial charge in [0.05, 0.1) is 11.0 Å². The zero-order valence-electron chi connectivity index (χ0n) is 11.2. The molecule has 0 bridgehead atoms. The average Bonchev–Trinajstić information content (AvgIpc) is 2.81. The Morgan fingerprint density at radius 3 is 2.80 bits per heavy atom. The summed E-state index contributed by atoms with van der Waals surface area (Å²) in [4.78, 5) is 11.3. The third-order valence-electron chi connectivity index (χ3n) is 2.76. The molecule has 0 unspecified atom stereocenters. The van der Waals surface area contributed by atoms with E-state index in [0.29, 0.717) is 14.8 Å². The maximum Gasteiger partial charge on any atom is 0.294 e. The minimum Gasteiger partial charge on any atom is -0.388 e. The van der Waals surface area contributed by atoms with Gasteiger partial charge in [-0.25, -0.2) is 0 Å². The molecular formula is C14H15NO3S2. The molecule has 1 N–H and O–H groups in total. The molecule has 0 aliphatic heterocycles. The molecule has 0 amide bonds. The van der Waals surface area contributed by atoms with Crippen LogP contribution >= 0.6 is 23.1 Å². The number of aliphatic hydroxyl groups is 1. The van der Waals surface area contributed by atoms with Crippen molar-refractivity contribution in [2.24, 2.45) is 0 Å². The van der Waals surface area contributed by atoms with Gasteiger partial charge in [-0.15, -0.1) is 23.1 Å². The van der Waals surface area contributed by atoms with E-state index in [-0.39, 0.29) is 10.6 Å². The van der Waals surface area contributed by atoms with Crippen LogP contribution in [0.3, 0.4) is 0 Å². The van der Waals surface area contributed by atoms with Gasteiger partial charge in [-0.2, -0.15) is 0 Å². The van der Waals surface area contributed by atoms with Gasteiger partial charge >= 0.3 is 0 Å². The molecule has 4 nitrogen and oxygen atoms in total. The highest BCUT2D eigenvalue weighted by Crippen LogP contribution is 2.41. The Kier molecular flexibility index (Phi) is 4.80. The van der Waals surface area contributed by atoms with Crippen LogP contribution in [0.25, 0.3) is 0 Å². The predicted molar refractivity (Wildman–Crippen MR) is 82.3 cm³/mol. The van der Waals surface area contributed by atoms with Crippen LogP contribution in [0.4, 0.5) is 5.69 Å². The molecule has 2 aromatic rings. The zero-order chi connectivity index (χ0) is 14.7. The molecule has 1 atom stereocenters. The topological polar surface area (TPSA) is 63.4 Å². The first-order valence-electron chi connectivity index (χ1n) is 6.12. The minimum atomic E-state index is -0.674. The van der Waals surface area contributed by atoms with E-state index in [1.807, 2.05) is 25.1 Å². The molecule has 6 heteroatoms. The lowest BCUT2D eigenvalue weighted by atomic mass is 10.2. The summed E-state index contributed by atoms with van der Waals surface area (Å²) in [5.74, 6) is 0.683. The Morgan fingerprint density at radius 2 is 2.20 bits per heavy atom. The number of nitro groups is 1. The van der Waals surface area contributed by atoms with Crippen LogP contribution in [0.5, 0.6) is 0 Å². The summed E-state index contributed by atoms with van der Waals surface area (Å²) >= 11 is 2.73. The van der Waals surface area contributed by atoms with Crippen molar-refractivity contribution in [3.63, 3.8) is 0 Å². The number of aryl methyl sites for hydroxylation is 1. The summed E-state index contributed by atoms with van der Waals surface area (Å²) in [6, 6.07) is 9.55. The Bertz CT molecular complexity index is 623. The fraction of sp³-hybridized carbons (Fsp3) is 0.286. The van der Waals surface area contributed by atoms with E-state index in [0.717, 1.165) is 5.56 Å². The van der Waals surface area contributed by atoms with Gasteiger partial charge in [-0.05, 0) is 19.4 Å². The molecule has 0 spiro atoms. The molecule has 1 aromatic heterocycles. The predicted octanol–water partition coefficient (Wildman–Crippen LogP) is 4.31. The second-order valence-electron chi connectivity index (χ2n) is 4.53. The number of thioether (sulfide) groups is 1. The number of benzene rings is 1. The standard InChI is InChI=1S/C14H15NO3S2/c1-9-4-3-5-11(6-9)8-19-14-12(15(17)18)7-13(20-14)10(2)16/h3-7,10,16H,8H2,1-2H3/t10-/m0/s1. The summed E-state index contributed by atoms with van der Waals surface area (Å²) in [6.45, 7) is 3.64. The van der Waals surface area contributed by atoms with Crippen molar-refractivity contribution >= 4 is 28.8 Å². The smallest absolute Gasteiger partial charge is 0.294 e. The Labute approximate surface area is 125 Å². The van der Waals surface area contributed by atoms with Gasteiger partial charge < -0.3 is 5.11 Å². The van der Waals surface area contributed by atoms with Crippen LogP contribution in [0.1, 0.15) is 29.0 Å². The van der Waals surface area contributed by atoms with Crippen LogP contribution < -0.4 is 0 Å². The second-order valence-corrected chi connectivity index (χ2v) is 6.86. The van der Waals surface area contributed by atoms with Crippen molar-refractivity contribution in [2.45, 2.75) is 29.9 Å². The normalized spacial score (nSPS) is 12.3. The maximum absolute atomic E-state index is 11.0. The van der Waals surface area contributed by atoms with E-state index in [9.17, 15) is 15.2 Å². The number of rotatable bonds is 5. The van der Waals surface area contributed by atoms with Crippen LogP contribution in [-0.4, -0.2) is 10.0 Å². The summed E-state index contributed by atoms with van der Waals surface area (Å²) in [5.41, 5.74) is 2.40. The van der Waals surface area contributed by atoms with E-state index in [4.69, 9.17) is 0 Å². The van der Waals surface area contributed by atoms with Crippen LogP contribution in [0.2, 0.25) is 0 Å². The third kappa shape index (κ3) is 3.59. The number of hydrogen-bond acceptors (Lipinski definition) is 5. The fourth-order valence-corrected chi connectivity index (χ4v) is 4.02. The van der Waals surface area contributed by atoms with E-state index in [1.54, 1.807) is 6.92 Å². The molecular weight excluding hydrogens is 294 g/mol. The first kappa shape index (κ1) is 15.0. The molecule has 1 heterocycles. The molecule has 0 aliphatic carbocycles. The highest BCUT2D eigenvalue weighted by Gasteiger charge is 2.21. The van der Waals surface area contributed by atoms with Gasteiger partial charge in [-0.1, -0.05) is 29.8 Å². The van der Waals surface area contributed by atoms with Crippen molar-refractivity contribution in [3.05, 3.63) is 56.5 Å². The van der Waals surface area contributed by atoms with E-state index in [2.05, 4.69) is 6.07 Å². The summed E-state index contributed by atoms with van der Waals surface area (Å²) in [5, 5.41) is 20.6. The number of hydrogen-bond donors (Lipinski definition) is 1. The maximum atomic E-state index is 11.0. The van der Waals surface area contributed by atoms with E-state index in [1.165, 1.54) is 34.7 Å². The fourth-order valence-electron chi connectivity index (χ4n) is 1.77.